The lowest BCUT2D eigenvalue weighted by molar-refractivity contribution is -0.384. The van der Waals surface area contributed by atoms with Gasteiger partial charge in [0.15, 0.2) is 0 Å². The van der Waals surface area contributed by atoms with Gasteiger partial charge in [-0.1, -0.05) is 66.7 Å². The minimum atomic E-state index is -0.462. The van der Waals surface area contributed by atoms with Crippen molar-refractivity contribution in [1.82, 2.24) is 4.90 Å². The predicted molar refractivity (Wildman–Crippen MR) is 118 cm³/mol. The average Bonchev–Trinajstić information content (AvgIpc) is 3.02. The highest BCUT2D eigenvalue weighted by molar-refractivity contribution is 8.18. The SMILES string of the molecule is O=C1S/C(=C\C=C\c2cccc([N+](=O)[O-])c2)C(=O)N1Cc1cccc2ccccc12. The van der Waals surface area contributed by atoms with Crippen LogP contribution in [0.1, 0.15) is 11.1 Å². The van der Waals surface area contributed by atoms with Gasteiger partial charge >= 0.3 is 0 Å². The van der Waals surface area contributed by atoms with Crippen LogP contribution in [0.25, 0.3) is 16.8 Å². The molecule has 148 valence electrons. The van der Waals surface area contributed by atoms with E-state index in [1.807, 2.05) is 42.5 Å². The lowest BCUT2D eigenvalue weighted by Crippen LogP contribution is -2.27. The highest BCUT2D eigenvalue weighted by atomic mass is 32.2. The molecule has 6 nitrogen and oxygen atoms in total. The molecule has 7 heteroatoms. The third-order valence-corrected chi connectivity index (χ3v) is 5.62. The second kappa shape index (κ2) is 8.34. The molecule has 30 heavy (non-hydrogen) atoms. The van der Waals surface area contributed by atoms with Crippen molar-refractivity contribution < 1.29 is 14.5 Å². The van der Waals surface area contributed by atoms with Crippen LogP contribution in [0.3, 0.4) is 0 Å². The fraction of sp³-hybridized carbons (Fsp3) is 0.0435. The van der Waals surface area contributed by atoms with Crippen LogP contribution >= 0.6 is 11.8 Å². The number of carbonyl (C=O) groups excluding carboxylic acids is 2. The molecule has 0 N–H and O–H groups in total. The van der Waals surface area contributed by atoms with Gasteiger partial charge in [-0.25, -0.2) is 0 Å². The second-order valence-electron chi connectivity index (χ2n) is 6.64. The third kappa shape index (κ3) is 4.01. The first-order valence-corrected chi connectivity index (χ1v) is 9.98. The third-order valence-electron chi connectivity index (χ3n) is 4.70. The van der Waals surface area contributed by atoms with E-state index in [9.17, 15) is 19.7 Å². The minimum absolute atomic E-state index is 0.00689. The van der Waals surface area contributed by atoms with Crippen molar-refractivity contribution in [2.45, 2.75) is 6.54 Å². The van der Waals surface area contributed by atoms with E-state index in [0.29, 0.717) is 10.5 Å². The van der Waals surface area contributed by atoms with Crippen LogP contribution in [0.4, 0.5) is 10.5 Å². The largest absolute Gasteiger partial charge is 0.293 e. The summed E-state index contributed by atoms with van der Waals surface area (Å²) in [5, 5.41) is 12.6. The number of hydrogen-bond acceptors (Lipinski definition) is 5. The summed E-state index contributed by atoms with van der Waals surface area (Å²) in [4.78, 5) is 37.1. The van der Waals surface area contributed by atoms with Gasteiger partial charge in [-0.15, -0.1) is 0 Å². The van der Waals surface area contributed by atoms with E-state index in [1.165, 1.54) is 17.0 Å². The molecule has 3 aromatic carbocycles. The number of nitro groups is 1. The van der Waals surface area contributed by atoms with E-state index in [0.717, 1.165) is 28.1 Å². The Balaban J connectivity index is 1.52. The Morgan fingerprint density at radius 3 is 2.60 bits per heavy atom. The van der Waals surface area contributed by atoms with Gasteiger partial charge in [-0.2, -0.15) is 0 Å². The molecule has 3 aromatic rings. The number of carbonyl (C=O) groups is 2. The monoisotopic (exact) mass is 416 g/mol. The number of fused-ring (bicyclic) bond motifs is 1. The van der Waals surface area contributed by atoms with E-state index < -0.39 is 4.92 Å². The zero-order valence-corrected chi connectivity index (χ0v) is 16.5. The van der Waals surface area contributed by atoms with Gasteiger partial charge < -0.3 is 0 Å². The molecule has 0 atom stereocenters. The molecule has 1 saturated heterocycles. The maximum absolute atomic E-state index is 12.7. The molecule has 4 rings (SSSR count). The molecular weight excluding hydrogens is 400 g/mol. The summed E-state index contributed by atoms with van der Waals surface area (Å²) in [6.07, 6.45) is 4.84. The highest BCUT2D eigenvalue weighted by Gasteiger charge is 2.34. The molecule has 0 spiro atoms. The normalized spacial score (nSPS) is 15.6. The summed E-state index contributed by atoms with van der Waals surface area (Å²) in [6.45, 7) is 0.206. The smallest absolute Gasteiger partial charge is 0.268 e. The van der Waals surface area contributed by atoms with Crippen molar-refractivity contribution >= 4 is 45.4 Å². The van der Waals surface area contributed by atoms with E-state index in [-0.39, 0.29) is 23.4 Å². The maximum atomic E-state index is 12.7. The second-order valence-corrected chi connectivity index (χ2v) is 7.63. The molecule has 1 aliphatic rings. The van der Waals surface area contributed by atoms with E-state index in [2.05, 4.69) is 0 Å². The van der Waals surface area contributed by atoms with Crippen LogP contribution in [0.15, 0.2) is 83.8 Å². The van der Waals surface area contributed by atoms with Gasteiger partial charge in [-0.05, 0) is 39.7 Å². The molecule has 1 aliphatic heterocycles. The van der Waals surface area contributed by atoms with Crippen molar-refractivity contribution in [3.05, 3.63) is 105 Å². The Kier molecular flexibility index (Phi) is 5.45. The molecule has 0 radical (unpaired) electrons. The summed E-state index contributed by atoms with van der Waals surface area (Å²) >= 11 is 0.889. The zero-order valence-electron chi connectivity index (χ0n) is 15.7. The van der Waals surface area contributed by atoms with Crippen LogP contribution in [0.5, 0.6) is 0 Å². The van der Waals surface area contributed by atoms with Crippen LogP contribution in [0.2, 0.25) is 0 Å². The van der Waals surface area contributed by atoms with Gasteiger partial charge in [0, 0.05) is 12.1 Å². The Bertz CT molecular complexity index is 1230. The molecule has 0 bridgehead atoms. The first-order chi connectivity index (χ1) is 14.5. The Hall–Kier alpha value is -3.71. The zero-order chi connectivity index (χ0) is 21.1. The minimum Gasteiger partial charge on any atom is -0.268 e. The number of hydrogen-bond donors (Lipinski definition) is 0. The molecule has 0 unspecified atom stereocenters. The summed E-state index contributed by atoms with van der Waals surface area (Å²) in [7, 11) is 0. The molecule has 1 fully saturated rings. The topological polar surface area (TPSA) is 80.5 Å². The van der Waals surface area contributed by atoms with Crippen LogP contribution in [-0.4, -0.2) is 21.0 Å². The number of allylic oxidation sites excluding steroid dienone is 2. The van der Waals surface area contributed by atoms with Gasteiger partial charge in [0.05, 0.1) is 16.4 Å². The molecule has 0 aliphatic carbocycles. The van der Waals surface area contributed by atoms with Crippen LogP contribution < -0.4 is 0 Å². The number of amides is 2. The number of nitro benzene ring substituents is 1. The summed E-state index contributed by atoms with van der Waals surface area (Å²) in [5.41, 5.74) is 1.53. The van der Waals surface area contributed by atoms with E-state index in [1.54, 1.807) is 30.4 Å². The van der Waals surface area contributed by atoms with Crippen molar-refractivity contribution in [2.24, 2.45) is 0 Å². The summed E-state index contributed by atoms with van der Waals surface area (Å²) in [6, 6.07) is 19.8. The summed E-state index contributed by atoms with van der Waals surface area (Å²) in [5.74, 6) is -0.346. The average molecular weight is 416 g/mol. The van der Waals surface area contributed by atoms with Crippen molar-refractivity contribution in [2.75, 3.05) is 0 Å². The highest BCUT2D eigenvalue weighted by Crippen LogP contribution is 2.33. The number of thioether (sulfide) groups is 1. The van der Waals surface area contributed by atoms with Gasteiger partial charge in [0.1, 0.15) is 0 Å². The van der Waals surface area contributed by atoms with Crippen molar-refractivity contribution in [1.29, 1.82) is 0 Å². The van der Waals surface area contributed by atoms with E-state index >= 15 is 0 Å². The van der Waals surface area contributed by atoms with Crippen LogP contribution in [-0.2, 0) is 11.3 Å². The number of imide groups is 1. The lowest BCUT2D eigenvalue weighted by atomic mass is 10.0. The van der Waals surface area contributed by atoms with Gasteiger partial charge in [-0.3, -0.25) is 24.6 Å². The van der Waals surface area contributed by atoms with Gasteiger partial charge in [0.2, 0.25) is 0 Å². The van der Waals surface area contributed by atoms with Crippen molar-refractivity contribution in [3.63, 3.8) is 0 Å². The Morgan fingerprint density at radius 1 is 1.00 bits per heavy atom. The van der Waals surface area contributed by atoms with Gasteiger partial charge in [0.25, 0.3) is 16.8 Å². The molecule has 0 aromatic heterocycles. The summed E-state index contributed by atoms with van der Waals surface area (Å²) < 4.78 is 0. The quantitative estimate of drug-likeness (QED) is 0.310. The van der Waals surface area contributed by atoms with Crippen molar-refractivity contribution in [3.8, 4) is 0 Å². The fourth-order valence-corrected chi connectivity index (χ4v) is 4.03. The molecule has 1 heterocycles. The number of nitrogens with zero attached hydrogens (tertiary/aromatic N) is 2. The number of non-ortho nitro benzene ring substituents is 1. The first-order valence-electron chi connectivity index (χ1n) is 9.16. The maximum Gasteiger partial charge on any atom is 0.293 e. The number of benzene rings is 3. The Labute approximate surface area is 176 Å². The Morgan fingerprint density at radius 2 is 1.77 bits per heavy atom. The standard InChI is InChI=1S/C23H16N2O4S/c26-22-21(13-4-7-16-6-3-11-19(14-16)25(28)29)30-23(27)24(22)15-18-10-5-9-17-8-1-2-12-20(17)18/h1-14H,15H2/b7-4+,21-13-. The lowest BCUT2D eigenvalue weighted by Gasteiger charge is -2.14. The first kappa shape index (κ1) is 19.6. The molecular formula is C23H16N2O4S. The fourth-order valence-electron chi connectivity index (χ4n) is 3.24. The number of rotatable bonds is 5. The molecule has 2 amide bonds. The molecule has 0 saturated carbocycles. The van der Waals surface area contributed by atoms with E-state index in [4.69, 9.17) is 0 Å². The predicted octanol–water partition coefficient (Wildman–Crippen LogP) is 5.54. The van der Waals surface area contributed by atoms with Crippen LogP contribution in [0, 0.1) is 10.1 Å².